The van der Waals surface area contributed by atoms with Gasteiger partial charge in [-0.25, -0.2) is 0 Å². The summed E-state index contributed by atoms with van der Waals surface area (Å²) in [5, 5.41) is 3.20. The number of piperidine rings is 1. The molecule has 0 aromatic heterocycles. The third-order valence-electron chi connectivity index (χ3n) is 5.61. The number of ether oxygens (including phenoxy) is 1. The van der Waals surface area contributed by atoms with Crippen LogP contribution in [0.15, 0.2) is 0 Å². The molecule has 2 aliphatic heterocycles. The predicted molar refractivity (Wildman–Crippen MR) is 107 cm³/mol. The molecule has 2 aliphatic rings. The van der Waals surface area contributed by atoms with Gasteiger partial charge in [0, 0.05) is 50.1 Å². The molecule has 0 bridgehead atoms. The van der Waals surface area contributed by atoms with Gasteiger partial charge in [0.15, 0.2) is 0 Å². The molecule has 0 spiro atoms. The maximum absolute atomic E-state index is 12.7. The molecule has 0 aromatic rings. The van der Waals surface area contributed by atoms with E-state index in [1.54, 1.807) is 0 Å². The van der Waals surface area contributed by atoms with Gasteiger partial charge >= 0.3 is 0 Å². The van der Waals surface area contributed by atoms with E-state index >= 15 is 0 Å². The Bertz CT molecular complexity index is 487. The number of hydrogen-bond acceptors (Lipinski definition) is 4. The highest BCUT2D eigenvalue weighted by Crippen LogP contribution is 2.24. The average molecular weight is 382 g/mol. The van der Waals surface area contributed by atoms with Crippen LogP contribution in [-0.4, -0.2) is 73.6 Å². The van der Waals surface area contributed by atoms with Gasteiger partial charge in [0.05, 0.1) is 13.2 Å². The summed E-state index contributed by atoms with van der Waals surface area (Å²) in [4.78, 5) is 29.5. The van der Waals surface area contributed by atoms with E-state index in [0.717, 1.165) is 45.6 Å². The first kappa shape index (κ1) is 22.2. The zero-order valence-corrected chi connectivity index (χ0v) is 17.9. The molecule has 2 heterocycles. The number of likely N-dealkylation sites (tertiary alicyclic amines) is 1. The predicted octanol–water partition coefficient (Wildman–Crippen LogP) is 2.13. The molecule has 1 atom stereocenters. The topological polar surface area (TPSA) is 61.9 Å². The molecule has 156 valence electrons. The lowest BCUT2D eigenvalue weighted by Crippen LogP contribution is -2.51. The summed E-state index contributed by atoms with van der Waals surface area (Å²) in [6, 6.07) is 0.375. The molecular weight excluding hydrogens is 342 g/mol. The highest BCUT2D eigenvalue weighted by Gasteiger charge is 2.32. The van der Waals surface area contributed by atoms with Crippen LogP contribution < -0.4 is 5.32 Å². The minimum absolute atomic E-state index is 0.0263. The van der Waals surface area contributed by atoms with Crippen molar-refractivity contribution in [2.75, 3.05) is 45.9 Å². The van der Waals surface area contributed by atoms with Gasteiger partial charge in [-0.2, -0.15) is 0 Å². The van der Waals surface area contributed by atoms with Crippen molar-refractivity contribution in [2.24, 2.45) is 17.3 Å². The first-order valence-electron chi connectivity index (χ1n) is 10.6. The zero-order valence-electron chi connectivity index (χ0n) is 17.9. The first-order chi connectivity index (χ1) is 12.7. The Balaban J connectivity index is 1.81. The van der Waals surface area contributed by atoms with Crippen molar-refractivity contribution in [1.82, 2.24) is 15.1 Å². The van der Waals surface area contributed by atoms with Crippen LogP contribution in [0.25, 0.3) is 0 Å². The number of nitrogens with zero attached hydrogens (tertiary/aromatic N) is 2. The molecule has 2 rings (SSSR count). The third kappa shape index (κ3) is 6.75. The van der Waals surface area contributed by atoms with Gasteiger partial charge < -0.3 is 15.0 Å². The summed E-state index contributed by atoms with van der Waals surface area (Å²) in [5.41, 5.74) is -0.350. The van der Waals surface area contributed by atoms with Crippen LogP contribution in [-0.2, 0) is 14.3 Å². The van der Waals surface area contributed by atoms with Crippen LogP contribution >= 0.6 is 0 Å². The van der Waals surface area contributed by atoms with Gasteiger partial charge in [0.1, 0.15) is 0 Å². The monoisotopic (exact) mass is 381 g/mol. The van der Waals surface area contributed by atoms with Gasteiger partial charge in [-0.3, -0.25) is 14.5 Å². The van der Waals surface area contributed by atoms with Crippen LogP contribution in [0.5, 0.6) is 0 Å². The highest BCUT2D eigenvalue weighted by atomic mass is 16.5. The Kier molecular flexibility index (Phi) is 8.10. The second kappa shape index (κ2) is 9.87. The summed E-state index contributed by atoms with van der Waals surface area (Å²) in [5.74, 6) is 0.963. The molecule has 0 aliphatic carbocycles. The maximum Gasteiger partial charge on any atom is 0.227 e. The van der Waals surface area contributed by atoms with Gasteiger partial charge in [-0.1, -0.05) is 34.6 Å². The van der Waals surface area contributed by atoms with Crippen molar-refractivity contribution in [3.8, 4) is 0 Å². The Labute approximate surface area is 165 Å². The van der Waals surface area contributed by atoms with Gasteiger partial charge in [-0.15, -0.1) is 0 Å². The second-order valence-electron chi connectivity index (χ2n) is 9.49. The van der Waals surface area contributed by atoms with Crippen molar-refractivity contribution in [1.29, 1.82) is 0 Å². The van der Waals surface area contributed by atoms with Crippen LogP contribution in [0.2, 0.25) is 0 Å². The minimum Gasteiger partial charge on any atom is -0.379 e. The van der Waals surface area contributed by atoms with E-state index in [1.807, 2.05) is 25.7 Å². The standard InChI is InChI=1S/C21H39N3O3/c1-16(2)14-18(23-10-12-27-13-11-23)15-22-19(25)17-6-8-24(9-7-17)20(26)21(3,4)5/h16-18H,6-15H2,1-5H3,(H,22,25). The zero-order chi connectivity index (χ0) is 20.0. The molecule has 1 N–H and O–H groups in total. The number of hydrogen-bond donors (Lipinski definition) is 1. The molecule has 0 radical (unpaired) electrons. The molecule has 0 saturated carbocycles. The lowest BCUT2D eigenvalue weighted by atomic mass is 9.90. The fraction of sp³-hybridized carbons (Fsp3) is 0.905. The van der Waals surface area contributed by atoms with Crippen molar-refractivity contribution in [3.05, 3.63) is 0 Å². The van der Waals surface area contributed by atoms with E-state index in [1.165, 1.54) is 0 Å². The van der Waals surface area contributed by atoms with Crippen LogP contribution in [0, 0.1) is 17.3 Å². The van der Waals surface area contributed by atoms with Gasteiger partial charge in [0.2, 0.25) is 11.8 Å². The number of rotatable bonds is 6. The van der Waals surface area contributed by atoms with E-state index in [0.29, 0.717) is 31.6 Å². The Morgan fingerprint density at radius 1 is 1.07 bits per heavy atom. The second-order valence-corrected chi connectivity index (χ2v) is 9.49. The fourth-order valence-corrected chi connectivity index (χ4v) is 4.03. The van der Waals surface area contributed by atoms with Crippen LogP contribution in [0.4, 0.5) is 0 Å². The molecular formula is C21H39N3O3. The van der Waals surface area contributed by atoms with Crippen molar-refractivity contribution in [3.63, 3.8) is 0 Å². The van der Waals surface area contributed by atoms with Crippen molar-refractivity contribution >= 4 is 11.8 Å². The smallest absolute Gasteiger partial charge is 0.227 e. The molecule has 1 unspecified atom stereocenters. The lowest BCUT2D eigenvalue weighted by Gasteiger charge is -2.37. The van der Waals surface area contributed by atoms with E-state index in [-0.39, 0.29) is 23.1 Å². The number of morpholine rings is 1. The van der Waals surface area contributed by atoms with E-state index in [2.05, 4.69) is 24.1 Å². The summed E-state index contributed by atoms with van der Waals surface area (Å²) < 4.78 is 5.47. The summed E-state index contributed by atoms with van der Waals surface area (Å²) in [7, 11) is 0. The summed E-state index contributed by atoms with van der Waals surface area (Å²) >= 11 is 0. The Morgan fingerprint density at radius 2 is 1.67 bits per heavy atom. The number of carbonyl (C=O) groups excluding carboxylic acids is 2. The molecule has 6 nitrogen and oxygen atoms in total. The van der Waals surface area contributed by atoms with E-state index in [9.17, 15) is 9.59 Å². The average Bonchev–Trinajstić information content (AvgIpc) is 2.64. The van der Waals surface area contributed by atoms with Crippen molar-refractivity contribution in [2.45, 2.75) is 59.9 Å². The Morgan fingerprint density at radius 3 is 2.19 bits per heavy atom. The maximum atomic E-state index is 12.7. The molecule has 2 fully saturated rings. The van der Waals surface area contributed by atoms with E-state index < -0.39 is 0 Å². The molecule has 0 aromatic carbocycles. The molecule has 2 saturated heterocycles. The minimum atomic E-state index is -0.350. The fourth-order valence-electron chi connectivity index (χ4n) is 4.03. The Hall–Kier alpha value is -1.14. The van der Waals surface area contributed by atoms with Crippen LogP contribution in [0.3, 0.4) is 0 Å². The molecule has 2 amide bonds. The number of carbonyl (C=O) groups is 2. The lowest BCUT2D eigenvalue weighted by molar-refractivity contribution is -0.142. The third-order valence-corrected chi connectivity index (χ3v) is 5.61. The van der Waals surface area contributed by atoms with Crippen molar-refractivity contribution < 1.29 is 14.3 Å². The summed E-state index contributed by atoms with van der Waals surface area (Å²) in [6.07, 6.45) is 2.61. The molecule has 27 heavy (non-hydrogen) atoms. The number of nitrogens with one attached hydrogen (secondary N) is 1. The summed E-state index contributed by atoms with van der Waals surface area (Å²) in [6.45, 7) is 15.9. The number of amides is 2. The highest BCUT2D eigenvalue weighted by molar-refractivity contribution is 5.82. The SMILES string of the molecule is CC(C)CC(CNC(=O)C1CCN(C(=O)C(C)(C)C)CC1)N1CCOCC1. The van der Waals surface area contributed by atoms with Gasteiger partial charge in [0.25, 0.3) is 0 Å². The van der Waals surface area contributed by atoms with Crippen LogP contribution in [0.1, 0.15) is 53.9 Å². The molecule has 6 heteroatoms. The largest absolute Gasteiger partial charge is 0.379 e. The quantitative estimate of drug-likeness (QED) is 0.766. The van der Waals surface area contributed by atoms with E-state index in [4.69, 9.17) is 4.74 Å². The normalized spacial score (nSPS) is 21.3. The first-order valence-corrected chi connectivity index (χ1v) is 10.6. The van der Waals surface area contributed by atoms with Gasteiger partial charge in [-0.05, 0) is 25.2 Å².